The van der Waals surface area contributed by atoms with Crippen molar-refractivity contribution in [3.63, 3.8) is 0 Å². The molecule has 1 unspecified atom stereocenters. The molecule has 28 heavy (non-hydrogen) atoms. The van der Waals surface area contributed by atoms with Crippen LogP contribution in [0.15, 0.2) is 83.8 Å². The molecule has 0 spiro atoms. The summed E-state index contributed by atoms with van der Waals surface area (Å²) in [5.74, 6) is -0.480. The van der Waals surface area contributed by atoms with Crippen LogP contribution in [0.5, 0.6) is 0 Å². The van der Waals surface area contributed by atoms with Crippen molar-refractivity contribution in [2.75, 3.05) is 11.6 Å². The lowest BCUT2D eigenvalue weighted by atomic mass is 10.1. The van der Waals surface area contributed by atoms with Gasteiger partial charge in [-0.25, -0.2) is 0 Å². The van der Waals surface area contributed by atoms with Crippen LogP contribution in [0.1, 0.15) is 39.2 Å². The molecule has 4 nitrogen and oxygen atoms in total. The molecule has 0 fully saturated rings. The topological polar surface area (TPSA) is 58.2 Å². The maximum Gasteiger partial charge on any atom is 0.255 e. The summed E-state index contributed by atoms with van der Waals surface area (Å²) in [7, 11) is 0. The summed E-state index contributed by atoms with van der Waals surface area (Å²) < 4.78 is 0. The third-order valence-electron chi connectivity index (χ3n) is 4.42. The van der Waals surface area contributed by atoms with Crippen LogP contribution >= 0.6 is 11.8 Å². The van der Waals surface area contributed by atoms with Gasteiger partial charge in [0.05, 0.1) is 17.3 Å². The molecule has 1 atom stereocenters. The highest BCUT2D eigenvalue weighted by Crippen LogP contribution is 2.21. The van der Waals surface area contributed by atoms with E-state index in [-0.39, 0.29) is 17.9 Å². The third-order valence-corrected chi connectivity index (χ3v) is 5.16. The number of anilines is 1. The molecular formula is C23H22N2O2S. The van der Waals surface area contributed by atoms with E-state index < -0.39 is 0 Å². The molecule has 0 heterocycles. The Hall–Kier alpha value is -3.05. The number of thioether (sulfide) groups is 1. The van der Waals surface area contributed by atoms with Crippen molar-refractivity contribution in [3.8, 4) is 0 Å². The van der Waals surface area contributed by atoms with Gasteiger partial charge in [-0.2, -0.15) is 0 Å². The van der Waals surface area contributed by atoms with Crippen LogP contribution in [0.3, 0.4) is 0 Å². The quantitative estimate of drug-likeness (QED) is 0.572. The first-order chi connectivity index (χ1) is 13.6. The van der Waals surface area contributed by atoms with Gasteiger partial charge in [-0.05, 0) is 55.1 Å². The Kier molecular flexibility index (Phi) is 6.50. The Morgan fingerprint density at radius 3 is 2.14 bits per heavy atom. The summed E-state index contributed by atoms with van der Waals surface area (Å²) in [5.41, 5.74) is 2.48. The SMILES string of the molecule is CSc1ccc(C(C)NC(=O)c2ccccc2NC(=O)c2ccccc2)cc1. The van der Waals surface area contributed by atoms with E-state index in [1.54, 1.807) is 60.3 Å². The molecular weight excluding hydrogens is 368 g/mol. The average Bonchev–Trinajstić information content (AvgIpc) is 2.74. The zero-order chi connectivity index (χ0) is 19.9. The van der Waals surface area contributed by atoms with E-state index in [1.807, 2.05) is 43.5 Å². The number of hydrogen-bond acceptors (Lipinski definition) is 3. The van der Waals surface area contributed by atoms with Gasteiger partial charge in [0.25, 0.3) is 11.8 Å². The van der Waals surface area contributed by atoms with E-state index in [9.17, 15) is 9.59 Å². The maximum atomic E-state index is 12.8. The number of para-hydroxylation sites is 1. The number of nitrogens with one attached hydrogen (secondary N) is 2. The van der Waals surface area contributed by atoms with Crippen LogP contribution < -0.4 is 10.6 Å². The molecule has 0 saturated heterocycles. The largest absolute Gasteiger partial charge is 0.345 e. The van der Waals surface area contributed by atoms with E-state index in [0.717, 1.165) is 5.56 Å². The van der Waals surface area contributed by atoms with Gasteiger partial charge < -0.3 is 10.6 Å². The lowest BCUT2D eigenvalue weighted by Gasteiger charge is -2.17. The van der Waals surface area contributed by atoms with E-state index >= 15 is 0 Å². The van der Waals surface area contributed by atoms with Crippen molar-refractivity contribution in [2.45, 2.75) is 17.9 Å². The van der Waals surface area contributed by atoms with Gasteiger partial charge >= 0.3 is 0 Å². The molecule has 0 radical (unpaired) electrons. The fourth-order valence-electron chi connectivity index (χ4n) is 2.82. The Morgan fingerprint density at radius 1 is 0.821 bits per heavy atom. The molecule has 0 saturated carbocycles. The van der Waals surface area contributed by atoms with Crippen LogP contribution in [0.25, 0.3) is 0 Å². The molecule has 0 aliphatic carbocycles. The van der Waals surface area contributed by atoms with Crippen molar-refractivity contribution in [1.82, 2.24) is 5.32 Å². The number of hydrogen-bond donors (Lipinski definition) is 2. The number of carbonyl (C=O) groups is 2. The molecule has 0 aliphatic heterocycles. The first-order valence-electron chi connectivity index (χ1n) is 8.98. The van der Waals surface area contributed by atoms with Crippen LogP contribution in [0, 0.1) is 0 Å². The van der Waals surface area contributed by atoms with Crippen molar-refractivity contribution in [2.24, 2.45) is 0 Å². The van der Waals surface area contributed by atoms with Gasteiger partial charge in [-0.1, -0.05) is 42.5 Å². The summed E-state index contributed by atoms with van der Waals surface area (Å²) in [6, 6.07) is 23.9. The third kappa shape index (κ3) is 4.81. The van der Waals surface area contributed by atoms with Gasteiger partial charge in [0.1, 0.15) is 0 Å². The number of amides is 2. The van der Waals surface area contributed by atoms with Gasteiger partial charge in [-0.3, -0.25) is 9.59 Å². The average molecular weight is 391 g/mol. The van der Waals surface area contributed by atoms with Crippen molar-refractivity contribution >= 4 is 29.3 Å². The standard InChI is InChI=1S/C23H22N2O2S/c1-16(17-12-14-19(28-2)15-13-17)24-23(27)20-10-6-7-11-21(20)25-22(26)18-8-4-3-5-9-18/h3-16H,1-2H3,(H,24,27)(H,25,26). The molecule has 5 heteroatoms. The van der Waals surface area contributed by atoms with Gasteiger partial charge in [0.2, 0.25) is 0 Å². The van der Waals surface area contributed by atoms with Crippen LogP contribution in [0.4, 0.5) is 5.69 Å². The maximum absolute atomic E-state index is 12.8. The molecule has 0 aromatic heterocycles. The summed E-state index contributed by atoms with van der Waals surface area (Å²) in [6.45, 7) is 1.94. The number of benzene rings is 3. The van der Waals surface area contributed by atoms with Crippen LogP contribution in [-0.4, -0.2) is 18.1 Å². The van der Waals surface area contributed by atoms with Crippen molar-refractivity contribution in [1.29, 1.82) is 0 Å². The van der Waals surface area contributed by atoms with Gasteiger partial charge in [0.15, 0.2) is 0 Å². The minimum absolute atomic E-state index is 0.152. The van der Waals surface area contributed by atoms with E-state index in [2.05, 4.69) is 10.6 Å². The minimum atomic E-state index is -0.249. The van der Waals surface area contributed by atoms with Crippen molar-refractivity contribution < 1.29 is 9.59 Å². The smallest absolute Gasteiger partial charge is 0.255 e. The molecule has 0 aliphatic rings. The summed E-state index contributed by atoms with van der Waals surface area (Å²) >= 11 is 1.68. The molecule has 0 bridgehead atoms. The Balaban J connectivity index is 1.74. The second kappa shape index (κ2) is 9.24. The van der Waals surface area contributed by atoms with E-state index in [4.69, 9.17) is 0 Å². The highest BCUT2D eigenvalue weighted by molar-refractivity contribution is 7.98. The van der Waals surface area contributed by atoms with Gasteiger partial charge in [-0.15, -0.1) is 11.8 Å². The van der Waals surface area contributed by atoms with Crippen molar-refractivity contribution in [3.05, 3.63) is 95.6 Å². The Labute approximate surface area is 169 Å². The minimum Gasteiger partial charge on any atom is -0.345 e. The first kappa shape index (κ1) is 19.7. The highest BCUT2D eigenvalue weighted by atomic mass is 32.2. The lowest BCUT2D eigenvalue weighted by molar-refractivity contribution is 0.0940. The molecule has 2 amide bonds. The van der Waals surface area contributed by atoms with Crippen LogP contribution in [0.2, 0.25) is 0 Å². The molecule has 3 rings (SSSR count). The second-order valence-electron chi connectivity index (χ2n) is 6.33. The predicted octanol–water partition coefficient (Wildman–Crippen LogP) is 5.15. The second-order valence-corrected chi connectivity index (χ2v) is 7.21. The lowest BCUT2D eigenvalue weighted by Crippen LogP contribution is -2.28. The summed E-state index contributed by atoms with van der Waals surface area (Å²) in [5, 5.41) is 5.84. The Morgan fingerprint density at radius 2 is 1.46 bits per heavy atom. The van der Waals surface area contributed by atoms with E-state index in [1.165, 1.54) is 4.90 Å². The molecule has 3 aromatic rings. The normalized spacial score (nSPS) is 11.5. The Bertz CT molecular complexity index is 956. The fourth-order valence-corrected chi connectivity index (χ4v) is 3.23. The molecule has 142 valence electrons. The summed E-state index contributed by atoms with van der Waals surface area (Å²) in [6.07, 6.45) is 2.03. The number of carbonyl (C=O) groups excluding carboxylic acids is 2. The fraction of sp³-hybridized carbons (Fsp3) is 0.130. The van der Waals surface area contributed by atoms with E-state index in [0.29, 0.717) is 16.8 Å². The van der Waals surface area contributed by atoms with Gasteiger partial charge in [0, 0.05) is 10.5 Å². The number of rotatable bonds is 6. The predicted molar refractivity (Wildman–Crippen MR) is 115 cm³/mol. The molecule has 3 aromatic carbocycles. The first-order valence-corrected chi connectivity index (χ1v) is 10.2. The zero-order valence-electron chi connectivity index (χ0n) is 15.8. The zero-order valence-corrected chi connectivity index (χ0v) is 16.6. The summed E-state index contributed by atoms with van der Waals surface area (Å²) in [4.78, 5) is 26.4. The molecule has 2 N–H and O–H groups in total. The monoisotopic (exact) mass is 390 g/mol. The highest BCUT2D eigenvalue weighted by Gasteiger charge is 2.16. The van der Waals surface area contributed by atoms with Crippen LogP contribution in [-0.2, 0) is 0 Å².